The van der Waals surface area contributed by atoms with Crippen LogP contribution in [0.25, 0.3) is 0 Å². The number of phosphoric ester groups is 1. The van der Waals surface area contributed by atoms with E-state index >= 15 is 0 Å². The maximum Gasteiger partial charge on any atom is 0.472 e. The van der Waals surface area contributed by atoms with Crippen molar-refractivity contribution in [3.8, 4) is 0 Å². The van der Waals surface area contributed by atoms with Crippen LogP contribution in [0.5, 0.6) is 0 Å². The zero-order valence-corrected chi connectivity index (χ0v) is 31.4. The molecule has 51 heavy (non-hydrogen) atoms. The summed E-state index contributed by atoms with van der Waals surface area (Å²) >= 11 is 0. The zero-order chi connectivity index (χ0) is 38.1. The number of aliphatic hydroxyl groups is 7. The summed E-state index contributed by atoms with van der Waals surface area (Å²) in [6.07, 6.45) is 15.4. The number of phosphoric acid groups is 1. The molecule has 0 heterocycles. The molecule has 1 saturated carbocycles. The van der Waals surface area contributed by atoms with E-state index in [1.807, 2.05) is 6.08 Å². The Morgan fingerprint density at radius 2 is 1.22 bits per heavy atom. The van der Waals surface area contributed by atoms with Crippen LogP contribution in [-0.4, -0.2) is 108 Å². The molecule has 0 spiro atoms. The number of carbonyl (C=O) groups is 1. The lowest BCUT2D eigenvalue weighted by molar-refractivity contribution is -0.220. The van der Waals surface area contributed by atoms with E-state index in [1.54, 1.807) is 6.08 Å². The third kappa shape index (κ3) is 20.9. The lowest BCUT2D eigenvalue weighted by atomic mass is 9.85. The first-order chi connectivity index (χ1) is 24.3. The van der Waals surface area contributed by atoms with Crippen LogP contribution in [0.3, 0.4) is 0 Å². The molecule has 296 valence electrons. The molecule has 0 radical (unpaired) electrons. The van der Waals surface area contributed by atoms with Crippen molar-refractivity contribution in [3.63, 3.8) is 0 Å². The lowest BCUT2D eigenvalue weighted by Crippen LogP contribution is -2.64. The van der Waals surface area contributed by atoms with Gasteiger partial charge in [-0.25, -0.2) is 4.57 Å². The minimum Gasteiger partial charge on any atom is -0.393 e. The second-order valence-corrected chi connectivity index (χ2v) is 14.6. The van der Waals surface area contributed by atoms with E-state index in [4.69, 9.17) is 9.05 Å². The van der Waals surface area contributed by atoms with Gasteiger partial charge in [-0.05, 0) is 64.2 Å². The first-order valence-electron chi connectivity index (χ1n) is 18.7. The number of carbonyl (C=O) groups excluding carboxylic acids is 1. The van der Waals surface area contributed by atoms with Crippen molar-refractivity contribution in [1.29, 1.82) is 0 Å². The smallest absolute Gasteiger partial charge is 0.393 e. The van der Waals surface area contributed by atoms with Gasteiger partial charge in [-0.2, -0.15) is 0 Å². The molecule has 9 N–H and O–H groups in total. The Hall–Kier alpha value is -1.74. The summed E-state index contributed by atoms with van der Waals surface area (Å²) in [5.74, 6) is -0.630. The third-order valence-electron chi connectivity index (χ3n) is 8.63. The van der Waals surface area contributed by atoms with E-state index in [9.17, 15) is 50.0 Å². The van der Waals surface area contributed by atoms with Gasteiger partial charge in [0.25, 0.3) is 0 Å². The van der Waals surface area contributed by atoms with Crippen molar-refractivity contribution in [1.82, 2.24) is 5.32 Å². The van der Waals surface area contributed by atoms with E-state index in [-0.39, 0.29) is 6.42 Å². The van der Waals surface area contributed by atoms with Gasteiger partial charge in [0.15, 0.2) is 0 Å². The van der Waals surface area contributed by atoms with Gasteiger partial charge in [0.1, 0.15) is 36.6 Å². The van der Waals surface area contributed by atoms with Gasteiger partial charge in [0.05, 0.1) is 31.3 Å². The van der Waals surface area contributed by atoms with Crippen LogP contribution in [0.2, 0.25) is 0 Å². The summed E-state index contributed by atoms with van der Waals surface area (Å²) < 4.78 is 22.6. The number of aliphatic hydroxyl groups excluding tert-OH is 7. The Morgan fingerprint density at radius 3 is 1.82 bits per heavy atom. The SMILES string of the molecule is CC/C=C/CC/C=C/CC/C=C/C(O)C(COP(=O)(O)OC1C(O)C(O)C(O)C(O)C1O)NC(=O)CC(O)CCC/C=C\CCCCCCCC. The van der Waals surface area contributed by atoms with Gasteiger partial charge >= 0.3 is 7.82 Å². The molecule has 0 saturated heterocycles. The average Bonchev–Trinajstić information content (AvgIpc) is 3.09. The summed E-state index contributed by atoms with van der Waals surface area (Å²) in [6, 6.07) is -1.27. The van der Waals surface area contributed by atoms with Gasteiger partial charge in [-0.15, -0.1) is 0 Å². The summed E-state index contributed by atoms with van der Waals surface area (Å²) in [5, 5.41) is 73.8. The molecule has 8 atom stereocenters. The van der Waals surface area contributed by atoms with Crippen molar-refractivity contribution in [2.24, 2.45) is 0 Å². The first-order valence-corrected chi connectivity index (χ1v) is 20.2. The zero-order valence-electron chi connectivity index (χ0n) is 30.5. The molecule has 0 aromatic rings. The number of hydrogen-bond acceptors (Lipinski definition) is 11. The summed E-state index contributed by atoms with van der Waals surface area (Å²) in [6.45, 7) is 3.51. The van der Waals surface area contributed by atoms with Crippen LogP contribution in [0.15, 0.2) is 48.6 Å². The second-order valence-electron chi connectivity index (χ2n) is 13.2. The van der Waals surface area contributed by atoms with Crippen molar-refractivity contribution in [2.75, 3.05) is 6.61 Å². The van der Waals surface area contributed by atoms with Crippen LogP contribution in [0.4, 0.5) is 0 Å². The molecule has 0 aromatic carbocycles. The minimum atomic E-state index is -5.14. The number of hydrogen-bond donors (Lipinski definition) is 9. The number of nitrogens with one attached hydrogen (secondary N) is 1. The third-order valence-corrected chi connectivity index (χ3v) is 9.61. The maximum absolute atomic E-state index is 12.8. The molecule has 1 fully saturated rings. The van der Waals surface area contributed by atoms with E-state index in [1.165, 1.54) is 38.2 Å². The highest BCUT2D eigenvalue weighted by atomic mass is 31.2. The predicted octanol–water partition coefficient (Wildman–Crippen LogP) is 4.02. The van der Waals surface area contributed by atoms with Crippen LogP contribution in [0.1, 0.15) is 117 Å². The highest BCUT2D eigenvalue weighted by Crippen LogP contribution is 2.47. The Kier molecular flexibility index (Phi) is 25.8. The first kappa shape index (κ1) is 47.3. The number of allylic oxidation sites excluding steroid dienone is 7. The van der Waals surface area contributed by atoms with Crippen molar-refractivity contribution in [3.05, 3.63) is 48.6 Å². The van der Waals surface area contributed by atoms with Crippen LogP contribution in [0, 0.1) is 0 Å². The Balaban J connectivity index is 2.73. The van der Waals surface area contributed by atoms with Gasteiger partial charge in [0, 0.05) is 0 Å². The minimum absolute atomic E-state index is 0.279. The van der Waals surface area contributed by atoms with Crippen molar-refractivity contribution >= 4 is 13.7 Å². The van der Waals surface area contributed by atoms with Crippen molar-refractivity contribution < 1.29 is 59.0 Å². The van der Waals surface area contributed by atoms with Gasteiger partial charge in [-0.3, -0.25) is 13.8 Å². The second kappa shape index (κ2) is 27.8. The molecular formula is C37H66NO12P. The van der Waals surface area contributed by atoms with Gasteiger partial charge in [-0.1, -0.05) is 94.6 Å². The van der Waals surface area contributed by atoms with E-state index in [2.05, 4.69) is 49.5 Å². The quantitative estimate of drug-likeness (QED) is 0.0314. The molecule has 8 unspecified atom stereocenters. The number of rotatable bonds is 28. The van der Waals surface area contributed by atoms with Gasteiger partial charge in [0.2, 0.25) is 5.91 Å². The highest BCUT2D eigenvalue weighted by Gasteiger charge is 2.51. The number of amides is 1. The Morgan fingerprint density at radius 1 is 0.706 bits per heavy atom. The fourth-order valence-electron chi connectivity index (χ4n) is 5.51. The molecule has 1 aliphatic rings. The predicted molar refractivity (Wildman–Crippen MR) is 196 cm³/mol. The molecular weight excluding hydrogens is 681 g/mol. The summed E-state index contributed by atoms with van der Waals surface area (Å²) in [5.41, 5.74) is 0. The van der Waals surface area contributed by atoms with E-state index in [0.717, 1.165) is 38.5 Å². The molecule has 1 aliphatic carbocycles. The standard InChI is InChI=1S/C37H66NO12P/c1-3-5-7-9-11-13-15-16-18-20-22-24-28(39)26-31(41)38-29(30(40)25-23-21-19-17-14-12-10-8-6-4-2)27-49-51(47,48)50-37-35(45)33(43)32(42)34(44)36(37)46/h6,8,14,16-18,23,25,28-30,32-37,39-40,42-46H,3-5,7,9-13,15,19-22,24,26-27H2,1-2H3,(H,38,41)(H,47,48)/b8-6+,17-14+,18-16-,25-23+. The molecule has 0 aromatic heterocycles. The highest BCUT2D eigenvalue weighted by molar-refractivity contribution is 7.47. The molecule has 0 bridgehead atoms. The fourth-order valence-corrected chi connectivity index (χ4v) is 6.48. The van der Waals surface area contributed by atoms with Crippen LogP contribution < -0.4 is 5.32 Å². The van der Waals surface area contributed by atoms with Crippen molar-refractivity contribution in [2.45, 2.75) is 171 Å². The summed E-state index contributed by atoms with van der Waals surface area (Å²) in [4.78, 5) is 23.2. The monoisotopic (exact) mass is 747 g/mol. The van der Waals surface area contributed by atoms with Crippen LogP contribution in [-0.2, 0) is 18.4 Å². The number of unbranched alkanes of at least 4 members (excludes halogenated alkanes) is 9. The van der Waals surface area contributed by atoms with E-state index in [0.29, 0.717) is 25.7 Å². The molecule has 1 rings (SSSR count). The molecule has 14 heteroatoms. The molecule has 0 aliphatic heterocycles. The summed E-state index contributed by atoms with van der Waals surface area (Å²) in [7, 11) is -5.14. The molecule has 13 nitrogen and oxygen atoms in total. The Bertz CT molecular complexity index is 1070. The Labute approximate surface area is 304 Å². The molecule has 1 amide bonds. The lowest BCUT2D eigenvalue weighted by Gasteiger charge is -2.41. The fraction of sp³-hybridized carbons (Fsp3) is 0.757. The maximum atomic E-state index is 12.8. The largest absolute Gasteiger partial charge is 0.472 e. The normalized spacial score (nSPS) is 25.9. The topological polar surface area (TPSA) is 226 Å². The van der Waals surface area contributed by atoms with Gasteiger partial charge < -0.3 is 46.0 Å². The average molecular weight is 748 g/mol. The van der Waals surface area contributed by atoms with Crippen LogP contribution >= 0.6 is 7.82 Å². The van der Waals surface area contributed by atoms with E-state index < -0.39 is 75.2 Å².